The van der Waals surface area contributed by atoms with Crippen molar-refractivity contribution < 1.29 is 99.2 Å². The molecule has 4 heterocycles. The SMILES string of the molecule is COc1cc2oc(-c3ccc(O)c(O[C@@H]4OC(CO[C@@H]5OC(CO)[C@@H](O)[C@H](O)C5O)[C@@H](O)[C@H](O)C4O)c3)cc(=O)c2c(O)c1[C@@H]1OC(CO)[C@@H](O)[C@H](O)C1O. The van der Waals surface area contributed by atoms with Crippen LogP contribution in [0.1, 0.15) is 11.7 Å². The molecule has 6 rings (SSSR count). The Labute approximate surface area is 309 Å². The molecule has 3 saturated heterocycles. The molecular weight excluding hydrogens is 744 g/mol. The molecule has 0 saturated carbocycles. The molecule has 3 aliphatic rings. The lowest BCUT2D eigenvalue weighted by atomic mass is 9.89. The molecule has 21 heteroatoms. The lowest BCUT2D eigenvalue weighted by molar-refractivity contribution is -0.323. The van der Waals surface area contributed by atoms with E-state index in [4.69, 9.17) is 32.8 Å². The van der Waals surface area contributed by atoms with Crippen LogP contribution in [0.5, 0.6) is 23.0 Å². The maximum Gasteiger partial charge on any atom is 0.229 e. The van der Waals surface area contributed by atoms with Crippen LogP contribution in [-0.4, -0.2) is 179 Å². The third kappa shape index (κ3) is 7.58. The van der Waals surface area contributed by atoms with Crippen LogP contribution in [0, 0.1) is 0 Å². The van der Waals surface area contributed by atoms with Crippen molar-refractivity contribution in [1.29, 1.82) is 0 Å². The molecule has 55 heavy (non-hydrogen) atoms. The second-order valence-electron chi connectivity index (χ2n) is 13.3. The summed E-state index contributed by atoms with van der Waals surface area (Å²) in [6.45, 7) is -2.13. The number of hydrogen-bond donors (Lipinski definition) is 13. The molecule has 0 aliphatic carbocycles. The molecule has 3 aromatic rings. The van der Waals surface area contributed by atoms with Gasteiger partial charge in [-0.25, -0.2) is 0 Å². The Kier molecular flexibility index (Phi) is 12.2. The van der Waals surface area contributed by atoms with Crippen LogP contribution in [0.4, 0.5) is 0 Å². The van der Waals surface area contributed by atoms with Gasteiger partial charge in [0.25, 0.3) is 0 Å². The molecule has 0 spiro atoms. The molecular formula is C34H42O21. The third-order valence-electron chi connectivity index (χ3n) is 9.82. The number of phenolic OH excluding ortho intramolecular Hbond substituents is 2. The summed E-state index contributed by atoms with van der Waals surface area (Å²) < 4.78 is 38.9. The molecule has 15 atom stereocenters. The van der Waals surface area contributed by atoms with E-state index in [-0.39, 0.29) is 34.0 Å². The lowest BCUT2D eigenvalue weighted by Gasteiger charge is -2.42. The number of ether oxygens (including phenoxy) is 6. The predicted molar refractivity (Wildman–Crippen MR) is 178 cm³/mol. The molecule has 6 unspecified atom stereocenters. The van der Waals surface area contributed by atoms with Crippen LogP contribution in [-0.2, 0) is 18.9 Å². The number of aromatic hydroxyl groups is 2. The summed E-state index contributed by atoms with van der Waals surface area (Å²) >= 11 is 0. The van der Waals surface area contributed by atoms with Gasteiger partial charge in [0.05, 0.1) is 32.5 Å². The topological polar surface area (TPSA) is 349 Å². The van der Waals surface area contributed by atoms with Crippen LogP contribution >= 0.6 is 0 Å². The first-order valence-corrected chi connectivity index (χ1v) is 16.9. The summed E-state index contributed by atoms with van der Waals surface area (Å²) in [5.41, 5.74) is -1.23. The van der Waals surface area contributed by atoms with Gasteiger partial charge in [-0.3, -0.25) is 4.79 Å². The van der Waals surface area contributed by atoms with E-state index < -0.39 is 134 Å². The highest BCUT2D eigenvalue weighted by atomic mass is 16.7. The van der Waals surface area contributed by atoms with Crippen molar-refractivity contribution in [3.05, 3.63) is 46.1 Å². The predicted octanol–water partition coefficient (Wildman–Crippen LogP) is -4.60. The zero-order valence-corrected chi connectivity index (χ0v) is 28.7. The van der Waals surface area contributed by atoms with E-state index >= 15 is 0 Å². The minimum absolute atomic E-state index is 0.0941. The largest absolute Gasteiger partial charge is 0.506 e. The molecule has 3 aliphatic heterocycles. The number of rotatable bonds is 10. The average molecular weight is 787 g/mol. The summed E-state index contributed by atoms with van der Waals surface area (Å²) in [5.74, 6) is -1.95. The van der Waals surface area contributed by atoms with Crippen LogP contribution in [0.3, 0.4) is 0 Å². The maximum atomic E-state index is 13.5. The van der Waals surface area contributed by atoms with Crippen molar-refractivity contribution in [2.24, 2.45) is 0 Å². The number of hydrogen-bond acceptors (Lipinski definition) is 21. The van der Waals surface area contributed by atoms with Gasteiger partial charge in [-0.05, 0) is 18.2 Å². The van der Waals surface area contributed by atoms with Crippen LogP contribution in [0.25, 0.3) is 22.3 Å². The van der Waals surface area contributed by atoms with Gasteiger partial charge in [0.2, 0.25) is 6.29 Å². The van der Waals surface area contributed by atoms with Crippen molar-refractivity contribution in [1.82, 2.24) is 0 Å². The number of methoxy groups -OCH3 is 1. The summed E-state index contributed by atoms with van der Waals surface area (Å²) in [6, 6.07) is 5.79. The molecule has 0 bridgehead atoms. The van der Waals surface area contributed by atoms with E-state index in [1.54, 1.807) is 0 Å². The minimum atomic E-state index is -1.91. The number of fused-ring (bicyclic) bond motifs is 1. The highest BCUT2D eigenvalue weighted by Crippen LogP contribution is 2.45. The van der Waals surface area contributed by atoms with E-state index in [0.717, 1.165) is 12.1 Å². The first kappa shape index (κ1) is 40.9. The van der Waals surface area contributed by atoms with Crippen molar-refractivity contribution in [3.63, 3.8) is 0 Å². The van der Waals surface area contributed by atoms with Gasteiger partial charge in [-0.15, -0.1) is 0 Å². The second kappa shape index (κ2) is 16.4. The molecule has 3 fully saturated rings. The lowest BCUT2D eigenvalue weighted by Crippen LogP contribution is -2.62. The standard InChI is InChI=1S/C34H42O21/c1-49-15-6-16-20(25(42)21(15)32-29(46)26(43)22(39)17(7-35)52-32)12(38)5-13(51-16)10-2-3-11(37)14(4-10)53-34-31(48)28(45)24(41)19(55-34)9-50-33-30(47)27(44)23(40)18(8-36)54-33/h2-6,17-19,22-24,26-37,39-48H,7-9H2,1H3/t17?,18?,19?,22-,23-,24-,26+,27+,28+,29?,30?,31?,32+,33-,34-/m1/s1. The first-order valence-electron chi connectivity index (χ1n) is 16.9. The minimum Gasteiger partial charge on any atom is -0.506 e. The van der Waals surface area contributed by atoms with Gasteiger partial charge in [-0.2, -0.15) is 0 Å². The number of aliphatic hydroxyl groups is 11. The maximum absolute atomic E-state index is 13.5. The molecule has 21 nitrogen and oxygen atoms in total. The molecule has 13 N–H and O–H groups in total. The number of aliphatic hydroxyl groups excluding tert-OH is 11. The fourth-order valence-corrected chi connectivity index (χ4v) is 6.65. The van der Waals surface area contributed by atoms with Gasteiger partial charge in [-0.1, -0.05) is 0 Å². The molecule has 0 radical (unpaired) electrons. The Morgan fingerprint density at radius 1 is 0.655 bits per heavy atom. The molecule has 0 amide bonds. The first-order chi connectivity index (χ1) is 26.1. The third-order valence-corrected chi connectivity index (χ3v) is 9.82. The van der Waals surface area contributed by atoms with Crippen molar-refractivity contribution in [2.75, 3.05) is 26.9 Å². The zero-order chi connectivity index (χ0) is 40.0. The van der Waals surface area contributed by atoms with Gasteiger partial charge < -0.3 is 99.2 Å². The van der Waals surface area contributed by atoms with E-state index in [2.05, 4.69) is 0 Å². The van der Waals surface area contributed by atoms with Crippen molar-refractivity contribution in [2.45, 2.75) is 91.9 Å². The van der Waals surface area contributed by atoms with E-state index in [1.165, 1.54) is 25.3 Å². The Bertz CT molecular complexity index is 1870. The highest BCUT2D eigenvalue weighted by Gasteiger charge is 2.49. The Morgan fingerprint density at radius 2 is 1.24 bits per heavy atom. The molecule has 2 aromatic carbocycles. The Hall–Kier alpha value is -3.75. The van der Waals surface area contributed by atoms with Crippen LogP contribution < -0.4 is 14.9 Å². The van der Waals surface area contributed by atoms with E-state index in [9.17, 15) is 71.2 Å². The zero-order valence-electron chi connectivity index (χ0n) is 28.7. The summed E-state index contributed by atoms with van der Waals surface area (Å²) in [7, 11) is 1.20. The second-order valence-corrected chi connectivity index (χ2v) is 13.3. The Morgan fingerprint density at radius 3 is 1.87 bits per heavy atom. The number of phenols is 2. The molecule has 304 valence electrons. The summed E-state index contributed by atoms with van der Waals surface area (Å²) in [5, 5.41) is 134. The summed E-state index contributed by atoms with van der Waals surface area (Å²) in [6.07, 6.45) is -25.2. The smallest absolute Gasteiger partial charge is 0.229 e. The van der Waals surface area contributed by atoms with Gasteiger partial charge in [0, 0.05) is 17.7 Å². The normalized spacial score (nSPS) is 36.8. The van der Waals surface area contributed by atoms with Crippen molar-refractivity contribution >= 4 is 11.0 Å². The van der Waals surface area contributed by atoms with E-state index in [1.807, 2.05) is 0 Å². The van der Waals surface area contributed by atoms with Crippen molar-refractivity contribution in [3.8, 4) is 34.3 Å². The fourth-order valence-electron chi connectivity index (χ4n) is 6.65. The van der Waals surface area contributed by atoms with Gasteiger partial charge >= 0.3 is 0 Å². The van der Waals surface area contributed by atoms with E-state index in [0.29, 0.717) is 0 Å². The average Bonchev–Trinajstić information content (AvgIpc) is 3.17. The Balaban J connectivity index is 1.25. The summed E-state index contributed by atoms with van der Waals surface area (Å²) in [4.78, 5) is 13.5. The quantitative estimate of drug-likeness (QED) is 0.0919. The van der Waals surface area contributed by atoms with Crippen LogP contribution in [0.2, 0.25) is 0 Å². The number of benzene rings is 2. The van der Waals surface area contributed by atoms with Gasteiger partial charge in [0.1, 0.15) is 108 Å². The fraction of sp³-hybridized carbons (Fsp3) is 0.559. The molecule has 1 aromatic heterocycles. The monoisotopic (exact) mass is 786 g/mol. The highest BCUT2D eigenvalue weighted by molar-refractivity contribution is 5.88. The van der Waals surface area contributed by atoms with Gasteiger partial charge in [0.15, 0.2) is 23.2 Å². The van der Waals surface area contributed by atoms with Crippen LogP contribution in [0.15, 0.2) is 39.5 Å².